The summed E-state index contributed by atoms with van der Waals surface area (Å²) in [6.45, 7) is 5.33. The van der Waals surface area contributed by atoms with Gasteiger partial charge < -0.3 is 15.7 Å². The molecular weight excluding hydrogens is 433 g/mol. The number of hydrogen-bond acceptors (Lipinski definition) is 5. The van der Waals surface area contributed by atoms with E-state index in [0.717, 1.165) is 5.56 Å². The normalized spacial score (nSPS) is 12.2. The van der Waals surface area contributed by atoms with Crippen LogP contribution in [0.3, 0.4) is 0 Å². The number of amides is 2. The third kappa shape index (κ3) is 5.93. The molecule has 0 unspecified atom stereocenters. The lowest BCUT2D eigenvalue weighted by Gasteiger charge is -2.27. The lowest BCUT2D eigenvalue weighted by atomic mass is 10.0. The first-order valence-corrected chi connectivity index (χ1v) is 10.4. The molecule has 7 nitrogen and oxygen atoms in total. The summed E-state index contributed by atoms with van der Waals surface area (Å²) in [5.41, 5.74) is 0.163. The van der Waals surface area contributed by atoms with Crippen molar-refractivity contribution in [3.63, 3.8) is 0 Å². The first-order valence-electron chi connectivity index (χ1n) is 10.0. The number of benzene rings is 2. The van der Waals surface area contributed by atoms with Crippen LogP contribution in [0.2, 0.25) is 5.02 Å². The molecule has 1 aromatic heterocycles. The van der Waals surface area contributed by atoms with Crippen LogP contribution in [0.1, 0.15) is 26.3 Å². The molecule has 0 fully saturated rings. The molecule has 32 heavy (non-hydrogen) atoms. The SMILES string of the molecule is C[C@H](Nc1nccc(N(C(=O)NCc2ccccc2Cl)c2ccc(F)cc2)n1)C(C)(C)O. The smallest absolute Gasteiger partial charge is 0.327 e. The molecule has 3 rings (SSSR count). The minimum absolute atomic E-state index is 0.197. The highest BCUT2D eigenvalue weighted by atomic mass is 35.5. The van der Waals surface area contributed by atoms with E-state index in [1.807, 2.05) is 18.2 Å². The molecule has 0 radical (unpaired) electrons. The second-order valence-corrected chi connectivity index (χ2v) is 8.23. The van der Waals surface area contributed by atoms with Crippen molar-refractivity contribution in [3.05, 3.63) is 77.2 Å². The molecule has 3 N–H and O–H groups in total. The number of anilines is 3. The number of aliphatic hydroxyl groups is 1. The third-order valence-corrected chi connectivity index (χ3v) is 5.32. The topological polar surface area (TPSA) is 90.4 Å². The van der Waals surface area contributed by atoms with E-state index in [-0.39, 0.29) is 24.4 Å². The van der Waals surface area contributed by atoms with Gasteiger partial charge in [0.1, 0.15) is 11.6 Å². The van der Waals surface area contributed by atoms with Crippen LogP contribution in [0.25, 0.3) is 0 Å². The maximum Gasteiger partial charge on any atom is 0.327 e. The number of halogens is 2. The van der Waals surface area contributed by atoms with Crippen LogP contribution in [-0.4, -0.2) is 32.7 Å². The zero-order valence-electron chi connectivity index (χ0n) is 18.0. The zero-order chi connectivity index (χ0) is 23.3. The highest BCUT2D eigenvalue weighted by molar-refractivity contribution is 6.31. The van der Waals surface area contributed by atoms with Gasteiger partial charge in [0.05, 0.1) is 17.3 Å². The van der Waals surface area contributed by atoms with E-state index in [2.05, 4.69) is 20.6 Å². The number of carbonyl (C=O) groups is 1. The number of hydrogen-bond donors (Lipinski definition) is 3. The van der Waals surface area contributed by atoms with Crippen molar-refractivity contribution in [2.75, 3.05) is 10.2 Å². The fourth-order valence-electron chi connectivity index (χ4n) is 2.75. The first kappa shape index (κ1) is 23.4. The maximum atomic E-state index is 13.5. The molecule has 9 heteroatoms. The number of aromatic nitrogens is 2. The van der Waals surface area contributed by atoms with Crippen molar-refractivity contribution >= 4 is 35.1 Å². The molecule has 1 atom stereocenters. The third-order valence-electron chi connectivity index (χ3n) is 4.95. The van der Waals surface area contributed by atoms with Crippen LogP contribution in [0.15, 0.2) is 60.8 Å². The van der Waals surface area contributed by atoms with Crippen molar-refractivity contribution < 1.29 is 14.3 Å². The quantitative estimate of drug-likeness (QED) is 0.470. The summed E-state index contributed by atoms with van der Waals surface area (Å²) in [5.74, 6) is 0.0890. The molecule has 0 aliphatic heterocycles. The van der Waals surface area contributed by atoms with Crippen LogP contribution in [0.4, 0.5) is 26.6 Å². The van der Waals surface area contributed by atoms with Crippen LogP contribution in [0, 0.1) is 5.82 Å². The van der Waals surface area contributed by atoms with Crippen LogP contribution < -0.4 is 15.5 Å². The Labute approximate surface area is 191 Å². The molecule has 1 heterocycles. The fraction of sp³-hybridized carbons (Fsp3) is 0.261. The van der Waals surface area contributed by atoms with Gasteiger partial charge in [0.2, 0.25) is 5.95 Å². The van der Waals surface area contributed by atoms with Gasteiger partial charge in [-0.25, -0.2) is 19.1 Å². The maximum absolute atomic E-state index is 13.5. The first-order chi connectivity index (χ1) is 15.1. The molecule has 0 aliphatic rings. The van der Waals surface area contributed by atoms with Crippen molar-refractivity contribution in [1.82, 2.24) is 15.3 Å². The Morgan fingerprint density at radius 1 is 1.19 bits per heavy atom. The molecule has 2 amide bonds. The van der Waals surface area contributed by atoms with Gasteiger partial charge in [-0.15, -0.1) is 0 Å². The molecule has 0 saturated heterocycles. The van der Waals surface area contributed by atoms with Gasteiger partial charge in [-0.2, -0.15) is 4.98 Å². The number of nitrogens with one attached hydrogen (secondary N) is 2. The van der Waals surface area contributed by atoms with Crippen molar-refractivity contribution in [3.8, 4) is 0 Å². The molecule has 168 valence electrons. The second kappa shape index (κ2) is 9.93. The summed E-state index contributed by atoms with van der Waals surface area (Å²) in [4.78, 5) is 23.1. The largest absolute Gasteiger partial charge is 0.388 e. The minimum atomic E-state index is -1.01. The molecule has 2 aromatic carbocycles. The summed E-state index contributed by atoms with van der Waals surface area (Å²) in [6, 6.07) is 13.4. The summed E-state index contributed by atoms with van der Waals surface area (Å²) < 4.78 is 13.5. The van der Waals surface area contributed by atoms with Crippen molar-refractivity contribution in [1.29, 1.82) is 0 Å². The van der Waals surface area contributed by atoms with Gasteiger partial charge in [0.25, 0.3) is 0 Å². The van der Waals surface area contributed by atoms with Crippen molar-refractivity contribution in [2.45, 2.75) is 39.0 Å². The number of urea groups is 1. The molecule has 0 bridgehead atoms. The predicted octanol–water partition coefficient (Wildman–Crippen LogP) is 4.89. The Morgan fingerprint density at radius 3 is 2.53 bits per heavy atom. The Morgan fingerprint density at radius 2 is 1.88 bits per heavy atom. The van der Waals surface area contributed by atoms with E-state index in [0.29, 0.717) is 10.7 Å². The number of rotatable bonds is 7. The summed E-state index contributed by atoms with van der Waals surface area (Å²) in [5, 5.41) is 16.6. The van der Waals surface area contributed by atoms with Crippen LogP contribution >= 0.6 is 11.6 Å². The van der Waals surface area contributed by atoms with E-state index < -0.39 is 17.4 Å². The minimum Gasteiger partial charge on any atom is -0.388 e. The van der Waals surface area contributed by atoms with E-state index in [4.69, 9.17) is 11.6 Å². The number of carbonyl (C=O) groups excluding carboxylic acids is 1. The molecule has 0 aliphatic carbocycles. The van der Waals surface area contributed by atoms with E-state index in [1.54, 1.807) is 32.9 Å². The lowest BCUT2D eigenvalue weighted by Crippen LogP contribution is -2.40. The van der Waals surface area contributed by atoms with E-state index >= 15 is 0 Å². The Hall–Kier alpha value is -3.23. The monoisotopic (exact) mass is 457 g/mol. The van der Waals surface area contributed by atoms with Crippen LogP contribution in [0.5, 0.6) is 0 Å². The average molecular weight is 458 g/mol. The van der Waals surface area contributed by atoms with Gasteiger partial charge in [-0.3, -0.25) is 0 Å². The Kier molecular flexibility index (Phi) is 7.27. The Balaban J connectivity index is 1.89. The fourth-order valence-corrected chi connectivity index (χ4v) is 2.95. The lowest BCUT2D eigenvalue weighted by molar-refractivity contribution is 0.0646. The average Bonchev–Trinajstić information content (AvgIpc) is 2.74. The van der Waals surface area contributed by atoms with Gasteiger partial charge in [-0.05, 0) is 56.7 Å². The summed E-state index contributed by atoms with van der Waals surface area (Å²) >= 11 is 6.19. The molecular formula is C23H25ClFN5O2. The zero-order valence-corrected chi connectivity index (χ0v) is 18.8. The van der Waals surface area contributed by atoms with Crippen LogP contribution in [-0.2, 0) is 6.54 Å². The van der Waals surface area contributed by atoms with Gasteiger partial charge in [0.15, 0.2) is 0 Å². The van der Waals surface area contributed by atoms with Gasteiger partial charge >= 0.3 is 6.03 Å². The van der Waals surface area contributed by atoms with Gasteiger partial charge in [-0.1, -0.05) is 29.8 Å². The van der Waals surface area contributed by atoms with E-state index in [1.165, 1.54) is 35.4 Å². The van der Waals surface area contributed by atoms with Crippen molar-refractivity contribution in [2.24, 2.45) is 0 Å². The number of nitrogens with zero attached hydrogens (tertiary/aromatic N) is 3. The van der Waals surface area contributed by atoms with Gasteiger partial charge in [0, 0.05) is 23.8 Å². The Bertz CT molecular complexity index is 1070. The second-order valence-electron chi connectivity index (χ2n) is 7.82. The molecule has 0 saturated carbocycles. The highest BCUT2D eigenvalue weighted by Crippen LogP contribution is 2.25. The molecule has 0 spiro atoms. The van der Waals surface area contributed by atoms with E-state index in [9.17, 15) is 14.3 Å². The predicted molar refractivity (Wildman–Crippen MR) is 124 cm³/mol. The standard InChI is InChI=1S/C23H25ClFN5O2/c1-15(23(2,3)32)28-21-26-13-12-20(29-21)30(18-10-8-17(25)9-11-18)22(31)27-14-16-6-4-5-7-19(16)24/h4-13,15,32H,14H2,1-3H3,(H,27,31)(H,26,28,29)/t15-/m0/s1. The summed E-state index contributed by atoms with van der Waals surface area (Å²) in [7, 11) is 0. The molecule has 3 aromatic rings. The highest BCUT2D eigenvalue weighted by Gasteiger charge is 2.24. The summed E-state index contributed by atoms with van der Waals surface area (Å²) in [6.07, 6.45) is 1.50.